The van der Waals surface area contributed by atoms with E-state index in [1.165, 1.54) is 0 Å². The number of sulfonamides is 1. The summed E-state index contributed by atoms with van der Waals surface area (Å²) in [5, 5.41) is 0.679. The van der Waals surface area contributed by atoms with E-state index < -0.39 is 10.0 Å². The van der Waals surface area contributed by atoms with E-state index in [1.807, 2.05) is 53.1 Å². The Labute approximate surface area is 192 Å². The lowest BCUT2D eigenvalue weighted by Crippen LogP contribution is -2.49. The van der Waals surface area contributed by atoms with Gasteiger partial charge < -0.3 is 4.57 Å². The zero-order valence-electron chi connectivity index (χ0n) is 17.4. The molecule has 0 saturated carbocycles. The molecule has 5 rings (SSSR count). The van der Waals surface area contributed by atoms with Gasteiger partial charge in [-0.2, -0.15) is 4.31 Å². The van der Waals surface area contributed by atoms with Crippen LogP contribution in [0.2, 0.25) is 5.02 Å². The Bertz CT molecular complexity index is 1330. The van der Waals surface area contributed by atoms with Gasteiger partial charge in [0.15, 0.2) is 0 Å². The number of halogens is 1. The maximum Gasteiger partial charge on any atom is 0.250 e. The van der Waals surface area contributed by atoms with Crippen LogP contribution in [0.25, 0.3) is 12.2 Å². The molecule has 0 radical (unpaired) electrons. The number of hydrogen-bond acceptors (Lipinski definition) is 3. The number of hydrogen-bond donors (Lipinski definition) is 0. The van der Waals surface area contributed by atoms with E-state index in [-0.39, 0.29) is 17.4 Å². The molecular formula is C25H23ClN2O3S. The second-order valence-electron chi connectivity index (χ2n) is 8.44. The van der Waals surface area contributed by atoms with Crippen LogP contribution < -0.4 is 5.56 Å². The summed E-state index contributed by atoms with van der Waals surface area (Å²) in [5.41, 5.74) is 2.84. The smallest absolute Gasteiger partial charge is 0.250 e. The van der Waals surface area contributed by atoms with Crippen molar-refractivity contribution in [3.05, 3.63) is 98.9 Å². The Balaban J connectivity index is 1.50. The van der Waals surface area contributed by atoms with Crippen LogP contribution in [0.3, 0.4) is 0 Å². The number of rotatable bonds is 4. The van der Waals surface area contributed by atoms with Gasteiger partial charge in [0.2, 0.25) is 10.0 Å². The number of aromatic nitrogens is 1. The summed E-state index contributed by atoms with van der Waals surface area (Å²) in [6.45, 7) is 1.34. The Hall–Kier alpha value is -2.67. The lowest BCUT2D eigenvalue weighted by Gasteiger charge is -2.42. The third-order valence-electron chi connectivity index (χ3n) is 6.30. The van der Waals surface area contributed by atoms with Crippen molar-refractivity contribution in [3.8, 4) is 0 Å². The molecule has 0 unspecified atom stereocenters. The number of benzene rings is 2. The number of pyridine rings is 1. The molecular weight excluding hydrogens is 444 g/mol. The lowest BCUT2D eigenvalue weighted by molar-refractivity contribution is 0.186. The molecule has 1 aromatic heterocycles. The number of piperidine rings is 1. The molecule has 0 N–H and O–H groups in total. The Morgan fingerprint density at radius 2 is 1.62 bits per heavy atom. The lowest BCUT2D eigenvalue weighted by atomic mass is 9.82. The first-order valence-corrected chi connectivity index (χ1v) is 12.5. The molecule has 5 nitrogen and oxygen atoms in total. The summed E-state index contributed by atoms with van der Waals surface area (Å²) in [6, 6.07) is 19.6. The van der Waals surface area contributed by atoms with E-state index in [9.17, 15) is 13.2 Å². The Morgan fingerprint density at radius 3 is 2.38 bits per heavy atom. The number of nitrogens with zero attached hydrogens (tertiary/aromatic N) is 2. The van der Waals surface area contributed by atoms with Crippen LogP contribution in [0, 0.1) is 5.92 Å². The Kier molecular flexibility index (Phi) is 5.53. The maximum atomic E-state index is 13.3. The fourth-order valence-electron chi connectivity index (χ4n) is 4.84. The van der Waals surface area contributed by atoms with Crippen LogP contribution >= 0.6 is 11.6 Å². The molecule has 2 aromatic carbocycles. The van der Waals surface area contributed by atoms with Gasteiger partial charge in [-0.05, 0) is 53.8 Å². The third kappa shape index (κ3) is 3.94. The van der Waals surface area contributed by atoms with Gasteiger partial charge in [0.05, 0.1) is 4.90 Å². The van der Waals surface area contributed by atoms with Crippen LogP contribution in [-0.2, 0) is 16.6 Å². The topological polar surface area (TPSA) is 59.4 Å². The van der Waals surface area contributed by atoms with E-state index in [0.717, 1.165) is 23.2 Å². The molecule has 3 aromatic rings. The molecule has 3 heterocycles. The second-order valence-corrected chi connectivity index (χ2v) is 10.8. The average molecular weight is 467 g/mol. The standard InChI is InChI=1S/C25H23ClN2O3S/c26-22-11-7-18(8-12-22)6-9-20-10-13-24(29)28-16-19-14-21(25(20)28)17-27(15-19)32(30,31)23-4-2-1-3-5-23/h1-13,19,21H,14-17H2/t19-,21-/m1/s1. The van der Waals surface area contributed by atoms with Gasteiger partial charge in [-0.25, -0.2) is 8.42 Å². The SMILES string of the molecule is O=c1ccc(C=Cc2ccc(Cl)cc2)c2n1C[C@@H]1C[C@@H]2CN(S(=O)(=O)c2ccccc2)C1. The van der Waals surface area contributed by atoms with Crippen molar-refractivity contribution in [1.82, 2.24) is 8.87 Å². The van der Waals surface area contributed by atoms with E-state index in [0.29, 0.717) is 29.6 Å². The van der Waals surface area contributed by atoms with E-state index >= 15 is 0 Å². The van der Waals surface area contributed by atoms with Gasteiger partial charge in [0, 0.05) is 42.3 Å². The summed E-state index contributed by atoms with van der Waals surface area (Å²) < 4.78 is 29.9. The third-order valence-corrected chi connectivity index (χ3v) is 8.39. The predicted molar refractivity (Wildman–Crippen MR) is 127 cm³/mol. The van der Waals surface area contributed by atoms with Crippen molar-refractivity contribution < 1.29 is 8.42 Å². The molecule has 2 bridgehead atoms. The van der Waals surface area contributed by atoms with Gasteiger partial charge in [0.25, 0.3) is 5.56 Å². The van der Waals surface area contributed by atoms with Crippen molar-refractivity contribution in [2.24, 2.45) is 5.92 Å². The number of fused-ring (bicyclic) bond motifs is 4. The molecule has 2 aliphatic heterocycles. The molecule has 0 aliphatic carbocycles. The highest BCUT2D eigenvalue weighted by Crippen LogP contribution is 2.39. The molecule has 0 spiro atoms. The summed E-state index contributed by atoms with van der Waals surface area (Å²) >= 11 is 5.98. The fourth-order valence-corrected chi connectivity index (χ4v) is 6.55. The molecule has 1 fully saturated rings. The molecule has 0 amide bonds. The average Bonchev–Trinajstić information content (AvgIpc) is 2.80. The normalized spacial score (nSPS) is 20.9. The van der Waals surface area contributed by atoms with Crippen LogP contribution in [0.1, 0.15) is 29.2 Å². The highest BCUT2D eigenvalue weighted by atomic mass is 35.5. The van der Waals surface area contributed by atoms with Gasteiger partial charge in [-0.15, -0.1) is 0 Å². The minimum absolute atomic E-state index is 0.0280. The van der Waals surface area contributed by atoms with Crippen molar-refractivity contribution in [3.63, 3.8) is 0 Å². The first-order chi connectivity index (χ1) is 15.4. The summed E-state index contributed by atoms with van der Waals surface area (Å²) in [5.74, 6) is 0.0905. The zero-order chi connectivity index (χ0) is 22.3. The maximum absolute atomic E-state index is 13.3. The van der Waals surface area contributed by atoms with Gasteiger partial charge >= 0.3 is 0 Å². The molecule has 32 heavy (non-hydrogen) atoms. The van der Waals surface area contributed by atoms with Gasteiger partial charge in [0.1, 0.15) is 0 Å². The summed E-state index contributed by atoms with van der Waals surface area (Å²) in [6.07, 6.45) is 4.87. The molecule has 7 heteroatoms. The van der Waals surface area contributed by atoms with Crippen LogP contribution in [-0.4, -0.2) is 30.4 Å². The largest absolute Gasteiger partial charge is 0.311 e. The zero-order valence-corrected chi connectivity index (χ0v) is 19.0. The minimum atomic E-state index is -3.57. The van der Waals surface area contributed by atoms with Crippen LogP contribution in [0.15, 0.2) is 76.4 Å². The first kappa shape index (κ1) is 21.2. The monoisotopic (exact) mass is 466 g/mol. The van der Waals surface area contributed by atoms with E-state index in [4.69, 9.17) is 11.6 Å². The molecule has 1 saturated heterocycles. The summed E-state index contributed by atoms with van der Waals surface area (Å²) in [4.78, 5) is 13.0. The molecule has 2 atom stereocenters. The van der Waals surface area contributed by atoms with Crippen molar-refractivity contribution >= 4 is 33.8 Å². The minimum Gasteiger partial charge on any atom is -0.311 e. The summed E-state index contributed by atoms with van der Waals surface area (Å²) in [7, 11) is -3.57. The first-order valence-electron chi connectivity index (χ1n) is 10.6. The molecule has 164 valence electrons. The molecule has 2 aliphatic rings. The van der Waals surface area contributed by atoms with Crippen LogP contribution in [0.5, 0.6) is 0 Å². The highest BCUT2D eigenvalue weighted by molar-refractivity contribution is 7.89. The van der Waals surface area contributed by atoms with Gasteiger partial charge in [-0.3, -0.25) is 4.79 Å². The van der Waals surface area contributed by atoms with Crippen LogP contribution in [0.4, 0.5) is 0 Å². The van der Waals surface area contributed by atoms with E-state index in [2.05, 4.69) is 0 Å². The van der Waals surface area contributed by atoms with Crippen molar-refractivity contribution in [2.75, 3.05) is 13.1 Å². The second kappa shape index (κ2) is 8.35. The highest BCUT2D eigenvalue weighted by Gasteiger charge is 2.40. The van der Waals surface area contributed by atoms with Gasteiger partial charge in [-0.1, -0.05) is 54.1 Å². The predicted octanol–water partition coefficient (Wildman–Crippen LogP) is 4.48. The van der Waals surface area contributed by atoms with Crippen molar-refractivity contribution in [1.29, 1.82) is 0 Å². The van der Waals surface area contributed by atoms with E-state index in [1.54, 1.807) is 34.6 Å². The Morgan fingerprint density at radius 1 is 0.875 bits per heavy atom. The fraction of sp³-hybridized carbons (Fsp3) is 0.240. The quantitative estimate of drug-likeness (QED) is 0.569. The van der Waals surface area contributed by atoms with Crippen molar-refractivity contribution in [2.45, 2.75) is 23.8 Å².